The van der Waals surface area contributed by atoms with Gasteiger partial charge >= 0.3 is 11.8 Å². The number of amides is 3. The molecule has 0 saturated carbocycles. The summed E-state index contributed by atoms with van der Waals surface area (Å²) in [4.78, 5) is 43.7. The molecule has 1 aliphatic rings. The molecule has 1 aromatic heterocycles. The lowest BCUT2D eigenvalue weighted by atomic mass is 10.1. The van der Waals surface area contributed by atoms with E-state index in [0.29, 0.717) is 37.5 Å². The van der Waals surface area contributed by atoms with Crippen LogP contribution in [0.1, 0.15) is 23.2 Å². The van der Waals surface area contributed by atoms with Gasteiger partial charge in [-0.3, -0.25) is 14.4 Å². The van der Waals surface area contributed by atoms with Gasteiger partial charge in [-0.05, 0) is 24.3 Å². The number of carbonyl (C=O) groups is 3. The Morgan fingerprint density at radius 2 is 1.90 bits per heavy atom. The minimum absolute atomic E-state index is 0.0120. The summed E-state index contributed by atoms with van der Waals surface area (Å²) in [7, 11) is 2.97. The Morgan fingerprint density at radius 1 is 1.17 bits per heavy atom. The molecule has 158 valence electrons. The quantitative estimate of drug-likeness (QED) is 0.752. The molecule has 2 heterocycles. The van der Waals surface area contributed by atoms with E-state index < -0.39 is 11.8 Å². The maximum absolute atomic E-state index is 13.0. The third-order valence-corrected chi connectivity index (χ3v) is 5.04. The Hall–Kier alpha value is -3.13. The molecule has 8 nitrogen and oxygen atoms in total. The average molecular weight is 431 g/mol. The highest BCUT2D eigenvalue weighted by Crippen LogP contribution is 2.25. The number of likely N-dealkylation sites (N-methyl/N-ethyl adjacent to an activating group) is 1. The first-order valence-electron chi connectivity index (χ1n) is 9.54. The minimum Gasteiger partial charge on any atom is -0.474 e. The van der Waals surface area contributed by atoms with Crippen molar-refractivity contribution in [1.29, 1.82) is 0 Å². The largest absolute Gasteiger partial charge is 0.474 e. The Kier molecular flexibility index (Phi) is 6.89. The highest BCUT2D eigenvalue weighted by molar-refractivity contribution is 6.39. The molecule has 1 fully saturated rings. The van der Waals surface area contributed by atoms with Crippen LogP contribution in [0.15, 0.2) is 42.6 Å². The molecule has 2 aromatic rings. The number of hydrogen-bond donors (Lipinski definition) is 1. The normalized spacial score (nSPS) is 14.2. The van der Waals surface area contributed by atoms with Crippen molar-refractivity contribution >= 4 is 35.0 Å². The molecule has 1 N–H and O–H groups in total. The predicted octanol–water partition coefficient (Wildman–Crippen LogP) is 2.45. The summed E-state index contributed by atoms with van der Waals surface area (Å²) in [6.07, 6.45) is 3.01. The first-order chi connectivity index (χ1) is 14.3. The standard InChI is InChI=1S/C21H23ClN4O4/c1-25(2)21(29)19(27)24-14-6-7-17(22)16(13-14)20(28)26-11-8-15(9-12-26)30-18-5-3-4-10-23-18/h3-7,10,13,15H,8-9,11-12H2,1-2H3,(H,24,27). The number of carbonyl (C=O) groups excluding carboxylic acids is 3. The van der Waals surface area contributed by atoms with Crippen LogP contribution < -0.4 is 10.1 Å². The topological polar surface area (TPSA) is 91.8 Å². The summed E-state index contributed by atoms with van der Waals surface area (Å²) in [6, 6.07) is 10.1. The van der Waals surface area contributed by atoms with Gasteiger partial charge in [0.2, 0.25) is 5.88 Å². The van der Waals surface area contributed by atoms with Crippen LogP contribution in [0.2, 0.25) is 5.02 Å². The lowest BCUT2D eigenvalue weighted by molar-refractivity contribution is -0.141. The number of halogens is 1. The van der Waals surface area contributed by atoms with Crippen molar-refractivity contribution in [3.05, 3.63) is 53.2 Å². The molecule has 30 heavy (non-hydrogen) atoms. The van der Waals surface area contributed by atoms with Crippen LogP contribution in [-0.4, -0.2) is 65.8 Å². The Balaban J connectivity index is 1.62. The van der Waals surface area contributed by atoms with E-state index in [2.05, 4.69) is 10.3 Å². The van der Waals surface area contributed by atoms with Crippen molar-refractivity contribution < 1.29 is 19.1 Å². The SMILES string of the molecule is CN(C)C(=O)C(=O)Nc1ccc(Cl)c(C(=O)N2CCC(Oc3ccccn3)CC2)c1. The van der Waals surface area contributed by atoms with Gasteiger partial charge in [0.1, 0.15) is 6.10 Å². The Bertz CT molecular complexity index is 928. The van der Waals surface area contributed by atoms with E-state index in [0.717, 1.165) is 0 Å². The molecule has 1 aliphatic heterocycles. The number of piperidine rings is 1. The summed E-state index contributed by atoms with van der Waals surface area (Å²) in [5.41, 5.74) is 0.604. The zero-order chi connectivity index (χ0) is 21.7. The van der Waals surface area contributed by atoms with Gasteiger partial charge in [-0.1, -0.05) is 17.7 Å². The average Bonchev–Trinajstić information content (AvgIpc) is 2.75. The van der Waals surface area contributed by atoms with Gasteiger partial charge in [0, 0.05) is 58.0 Å². The van der Waals surface area contributed by atoms with E-state index in [1.807, 2.05) is 12.1 Å². The molecular formula is C21H23ClN4O4. The maximum Gasteiger partial charge on any atom is 0.313 e. The highest BCUT2D eigenvalue weighted by Gasteiger charge is 2.26. The van der Waals surface area contributed by atoms with Gasteiger partial charge in [-0.15, -0.1) is 0 Å². The van der Waals surface area contributed by atoms with E-state index in [9.17, 15) is 14.4 Å². The molecule has 0 aliphatic carbocycles. The number of likely N-dealkylation sites (tertiary alicyclic amines) is 1. The van der Waals surface area contributed by atoms with Gasteiger partial charge in [0.05, 0.1) is 10.6 Å². The van der Waals surface area contributed by atoms with E-state index in [-0.39, 0.29) is 22.6 Å². The van der Waals surface area contributed by atoms with Gasteiger partial charge in [-0.25, -0.2) is 4.98 Å². The lowest BCUT2D eigenvalue weighted by Gasteiger charge is -2.32. The van der Waals surface area contributed by atoms with Gasteiger partial charge < -0.3 is 19.9 Å². The molecule has 0 unspecified atom stereocenters. The van der Waals surface area contributed by atoms with Crippen LogP contribution in [0.25, 0.3) is 0 Å². The Morgan fingerprint density at radius 3 is 2.53 bits per heavy atom. The van der Waals surface area contributed by atoms with Crippen molar-refractivity contribution in [2.45, 2.75) is 18.9 Å². The monoisotopic (exact) mass is 430 g/mol. The zero-order valence-electron chi connectivity index (χ0n) is 16.8. The van der Waals surface area contributed by atoms with E-state index in [1.165, 1.54) is 31.1 Å². The number of nitrogens with one attached hydrogen (secondary N) is 1. The molecule has 0 radical (unpaired) electrons. The highest BCUT2D eigenvalue weighted by atomic mass is 35.5. The van der Waals surface area contributed by atoms with Crippen LogP contribution in [0, 0.1) is 0 Å². The number of aromatic nitrogens is 1. The van der Waals surface area contributed by atoms with Crippen LogP contribution in [0.4, 0.5) is 5.69 Å². The van der Waals surface area contributed by atoms with Crippen molar-refractivity contribution in [3.8, 4) is 5.88 Å². The molecular weight excluding hydrogens is 408 g/mol. The fraction of sp³-hybridized carbons (Fsp3) is 0.333. The van der Waals surface area contributed by atoms with E-state index in [1.54, 1.807) is 23.2 Å². The van der Waals surface area contributed by atoms with Gasteiger partial charge in [-0.2, -0.15) is 0 Å². The number of rotatable bonds is 4. The smallest absolute Gasteiger partial charge is 0.313 e. The zero-order valence-corrected chi connectivity index (χ0v) is 17.6. The van der Waals surface area contributed by atoms with Crippen molar-refractivity contribution in [2.24, 2.45) is 0 Å². The van der Waals surface area contributed by atoms with Crippen LogP contribution in [0.3, 0.4) is 0 Å². The molecule has 3 rings (SSSR count). The molecule has 1 saturated heterocycles. The summed E-state index contributed by atoms with van der Waals surface area (Å²) in [6.45, 7) is 1.03. The van der Waals surface area contributed by atoms with Crippen molar-refractivity contribution in [3.63, 3.8) is 0 Å². The number of benzene rings is 1. The third-order valence-electron chi connectivity index (χ3n) is 4.71. The molecule has 0 spiro atoms. The fourth-order valence-corrected chi connectivity index (χ4v) is 3.29. The molecule has 9 heteroatoms. The molecule has 0 bridgehead atoms. The second kappa shape index (κ2) is 9.58. The number of hydrogen-bond acceptors (Lipinski definition) is 5. The summed E-state index contributed by atoms with van der Waals surface area (Å²) in [5, 5.41) is 2.78. The van der Waals surface area contributed by atoms with Gasteiger partial charge in [0.15, 0.2) is 0 Å². The Labute approximate surface area is 179 Å². The molecule has 0 atom stereocenters. The number of anilines is 1. The van der Waals surface area contributed by atoms with Crippen LogP contribution in [-0.2, 0) is 9.59 Å². The lowest BCUT2D eigenvalue weighted by Crippen LogP contribution is -2.42. The minimum atomic E-state index is -0.784. The van der Waals surface area contributed by atoms with Crippen LogP contribution >= 0.6 is 11.6 Å². The maximum atomic E-state index is 13.0. The first-order valence-corrected chi connectivity index (χ1v) is 9.92. The van der Waals surface area contributed by atoms with E-state index in [4.69, 9.17) is 16.3 Å². The first kappa shape index (κ1) is 21.6. The second-order valence-corrected chi connectivity index (χ2v) is 7.53. The number of nitrogens with zero attached hydrogens (tertiary/aromatic N) is 3. The molecule has 1 aromatic carbocycles. The summed E-state index contributed by atoms with van der Waals surface area (Å²) < 4.78 is 5.86. The van der Waals surface area contributed by atoms with Gasteiger partial charge in [0.25, 0.3) is 5.91 Å². The van der Waals surface area contributed by atoms with Crippen molar-refractivity contribution in [1.82, 2.24) is 14.8 Å². The predicted molar refractivity (Wildman–Crippen MR) is 113 cm³/mol. The third kappa shape index (κ3) is 5.27. The second-order valence-electron chi connectivity index (χ2n) is 7.13. The van der Waals surface area contributed by atoms with Crippen LogP contribution in [0.5, 0.6) is 5.88 Å². The molecule has 3 amide bonds. The number of pyridine rings is 1. The summed E-state index contributed by atoms with van der Waals surface area (Å²) in [5.74, 6) is -1.13. The summed E-state index contributed by atoms with van der Waals surface area (Å²) >= 11 is 6.23. The van der Waals surface area contributed by atoms with Crippen molar-refractivity contribution in [2.75, 3.05) is 32.5 Å². The van der Waals surface area contributed by atoms with E-state index >= 15 is 0 Å². The fourth-order valence-electron chi connectivity index (χ4n) is 3.09. The number of ether oxygens (including phenoxy) is 1.